The summed E-state index contributed by atoms with van der Waals surface area (Å²) in [5.74, 6) is 1.28. The summed E-state index contributed by atoms with van der Waals surface area (Å²) in [6, 6.07) is 16.0. The van der Waals surface area contributed by atoms with E-state index in [0.717, 1.165) is 24.8 Å². The van der Waals surface area contributed by atoms with Gasteiger partial charge in [-0.1, -0.05) is 35.5 Å². The van der Waals surface area contributed by atoms with E-state index >= 15 is 0 Å². The second-order valence-corrected chi connectivity index (χ2v) is 7.59. The highest BCUT2D eigenvalue weighted by Crippen LogP contribution is 2.31. The van der Waals surface area contributed by atoms with Gasteiger partial charge in [-0.05, 0) is 50.5 Å². The van der Waals surface area contributed by atoms with Crippen LogP contribution in [0.25, 0.3) is 11.4 Å². The Morgan fingerprint density at radius 1 is 1.12 bits per heavy atom. The number of amides is 2. The van der Waals surface area contributed by atoms with Crippen LogP contribution in [0.5, 0.6) is 5.75 Å². The van der Waals surface area contributed by atoms with E-state index in [0.29, 0.717) is 36.1 Å². The van der Waals surface area contributed by atoms with Crippen molar-refractivity contribution >= 4 is 11.8 Å². The lowest BCUT2D eigenvalue weighted by molar-refractivity contribution is -0.138. The normalized spacial score (nSPS) is 15.9. The zero-order valence-corrected chi connectivity index (χ0v) is 18.0. The second-order valence-electron chi connectivity index (χ2n) is 7.59. The van der Waals surface area contributed by atoms with Crippen LogP contribution in [0.15, 0.2) is 59.1 Å². The number of carbonyl (C=O) groups is 2. The monoisotopic (exact) mass is 434 g/mol. The third-order valence-corrected chi connectivity index (χ3v) is 5.40. The summed E-state index contributed by atoms with van der Waals surface area (Å²) in [4.78, 5) is 31.1. The summed E-state index contributed by atoms with van der Waals surface area (Å²) < 4.78 is 11.2. The molecule has 166 valence electrons. The van der Waals surface area contributed by atoms with Gasteiger partial charge in [-0.25, -0.2) is 0 Å². The van der Waals surface area contributed by atoms with E-state index in [1.165, 1.54) is 0 Å². The maximum Gasteiger partial charge on any atom is 0.261 e. The molecule has 1 fully saturated rings. The van der Waals surface area contributed by atoms with Gasteiger partial charge in [0, 0.05) is 24.2 Å². The minimum absolute atomic E-state index is 0.0389. The molecule has 1 N–H and O–H groups in total. The van der Waals surface area contributed by atoms with Crippen molar-refractivity contribution in [3.05, 3.63) is 66.1 Å². The van der Waals surface area contributed by atoms with Gasteiger partial charge in [-0.15, -0.1) is 0 Å². The van der Waals surface area contributed by atoms with Gasteiger partial charge in [0.25, 0.3) is 11.8 Å². The molecule has 32 heavy (non-hydrogen) atoms. The molecule has 0 saturated carbocycles. The number of nitrogens with one attached hydrogen (secondary N) is 1. The molecular formula is C24H26N4O4. The molecule has 3 aromatic rings. The van der Waals surface area contributed by atoms with E-state index in [9.17, 15) is 9.59 Å². The van der Waals surface area contributed by atoms with Crippen molar-refractivity contribution in [2.75, 3.05) is 19.7 Å². The summed E-state index contributed by atoms with van der Waals surface area (Å²) >= 11 is 0. The molecule has 0 unspecified atom stereocenters. The van der Waals surface area contributed by atoms with Crippen LogP contribution in [0.2, 0.25) is 0 Å². The smallest absolute Gasteiger partial charge is 0.261 e. The summed E-state index contributed by atoms with van der Waals surface area (Å²) in [7, 11) is 0. The summed E-state index contributed by atoms with van der Waals surface area (Å²) in [6.07, 6.45) is 2.66. The Balaban J connectivity index is 1.45. The molecule has 0 bridgehead atoms. The number of nitrogens with zero attached hydrogens (tertiary/aromatic N) is 3. The number of para-hydroxylation sites is 1. The fraction of sp³-hybridized carbons (Fsp3) is 0.333. The van der Waals surface area contributed by atoms with E-state index < -0.39 is 0 Å². The third-order valence-electron chi connectivity index (χ3n) is 5.40. The van der Waals surface area contributed by atoms with Gasteiger partial charge >= 0.3 is 0 Å². The van der Waals surface area contributed by atoms with Gasteiger partial charge in [0.15, 0.2) is 6.61 Å². The Kier molecular flexibility index (Phi) is 6.79. The first kappa shape index (κ1) is 21.5. The zero-order chi connectivity index (χ0) is 22.3. The van der Waals surface area contributed by atoms with Gasteiger partial charge < -0.3 is 19.5 Å². The number of hydrogen-bond donors (Lipinski definition) is 1. The summed E-state index contributed by atoms with van der Waals surface area (Å²) in [5.41, 5.74) is 1.32. The van der Waals surface area contributed by atoms with Crippen LogP contribution in [0.3, 0.4) is 0 Å². The van der Waals surface area contributed by atoms with Crippen molar-refractivity contribution in [1.29, 1.82) is 0 Å². The molecule has 1 aromatic heterocycles. The van der Waals surface area contributed by atoms with Crippen molar-refractivity contribution in [2.45, 2.75) is 32.2 Å². The number of piperidine rings is 1. The SMILES string of the molecule is CCNC(=O)c1ccc(-c2noc([C@H]3CCCCN3C(=O)COc3ccccc3)n2)cc1. The molecular weight excluding hydrogens is 408 g/mol. The van der Waals surface area contributed by atoms with Crippen molar-refractivity contribution in [3.63, 3.8) is 0 Å². The Morgan fingerprint density at radius 2 is 1.91 bits per heavy atom. The molecule has 8 nitrogen and oxygen atoms in total. The standard InChI is InChI=1S/C24H26N4O4/c1-2-25-23(30)18-13-11-17(12-14-18)22-26-24(32-27-22)20-10-6-7-15-28(20)21(29)16-31-19-8-4-3-5-9-19/h3-5,8-9,11-14,20H,2,6-7,10,15-16H2,1H3,(H,25,30)/t20-/m1/s1. The molecule has 1 aliphatic heterocycles. The lowest BCUT2D eigenvalue weighted by atomic mass is 10.0. The third kappa shape index (κ3) is 4.96. The molecule has 1 saturated heterocycles. The first-order valence-electron chi connectivity index (χ1n) is 10.8. The molecule has 0 spiro atoms. The van der Waals surface area contributed by atoms with Gasteiger partial charge in [0.2, 0.25) is 11.7 Å². The Labute approximate surface area is 186 Å². The lowest BCUT2D eigenvalue weighted by Crippen LogP contribution is -2.41. The number of ether oxygens (including phenoxy) is 1. The average Bonchev–Trinajstić information content (AvgIpc) is 3.34. The van der Waals surface area contributed by atoms with Crippen LogP contribution in [-0.4, -0.2) is 46.6 Å². The first-order chi connectivity index (χ1) is 15.7. The number of likely N-dealkylation sites (tertiary alicyclic amines) is 1. The molecule has 2 heterocycles. The number of benzene rings is 2. The van der Waals surface area contributed by atoms with E-state index in [2.05, 4.69) is 15.5 Å². The van der Waals surface area contributed by atoms with Crippen molar-refractivity contribution in [2.24, 2.45) is 0 Å². The quantitative estimate of drug-likeness (QED) is 0.610. The van der Waals surface area contributed by atoms with Crippen LogP contribution in [0.4, 0.5) is 0 Å². The van der Waals surface area contributed by atoms with Crippen LogP contribution < -0.4 is 10.1 Å². The predicted molar refractivity (Wildman–Crippen MR) is 118 cm³/mol. The fourth-order valence-corrected chi connectivity index (χ4v) is 3.75. The molecule has 4 rings (SSSR count). The van der Waals surface area contributed by atoms with Crippen molar-refractivity contribution in [3.8, 4) is 17.1 Å². The van der Waals surface area contributed by atoms with Crippen LogP contribution in [-0.2, 0) is 4.79 Å². The highest BCUT2D eigenvalue weighted by molar-refractivity contribution is 5.94. The Bertz CT molecular complexity index is 1050. The maximum atomic E-state index is 12.9. The molecule has 0 aliphatic carbocycles. The van der Waals surface area contributed by atoms with E-state index in [1.54, 1.807) is 29.2 Å². The summed E-state index contributed by atoms with van der Waals surface area (Å²) in [6.45, 7) is 3.03. The Hall–Kier alpha value is -3.68. The average molecular weight is 434 g/mol. The van der Waals surface area contributed by atoms with Crippen LogP contribution in [0.1, 0.15) is 48.5 Å². The van der Waals surface area contributed by atoms with Crippen LogP contribution >= 0.6 is 0 Å². The molecule has 1 atom stereocenters. The Morgan fingerprint density at radius 3 is 2.66 bits per heavy atom. The van der Waals surface area contributed by atoms with E-state index in [1.807, 2.05) is 37.3 Å². The zero-order valence-electron chi connectivity index (χ0n) is 18.0. The first-order valence-corrected chi connectivity index (χ1v) is 10.8. The largest absolute Gasteiger partial charge is 0.484 e. The fourth-order valence-electron chi connectivity index (χ4n) is 3.75. The topological polar surface area (TPSA) is 97.6 Å². The molecule has 8 heteroatoms. The van der Waals surface area contributed by atoms with E-state index in [4.69, 9.17) is 9.26 Å². The molecule has 2 aromatic carbocycles. The second kappa shape index (κ2) is 10.1. The molecule has 0 radical (unpaired) electrons. The van der Waals surface area contributed by atoms with Crippen LogP contribution in [0, 0.1) is 0 Å². The predicted octanol–water partition coefficient (Wildman–Crippen LogP) is 3.62. The van der Waals surface area contributed by atoms with Gasteiger partial charge in [0.1, 0.15) is 11.8 Å². The number of hydrogen-bond acceptors (Lipinski definition) is 6. The van der Waals surface area contributed by atoms with Crippen molar-refractivity contribution < 1.29 is 18.8 Å². The molecule has 2 amide bonds. The number of aromatic nitrogens is 2. The van der Waals surface area contributed by atoms with Gasteiger partial charge in [-0.3, -0.25) is 9.59 Å². The highest BCUT2D eigenvalue weighted by Gasteiger charge is 2.32. The van der Waals surface area contributed by atoms with Gasteiger partial charge in [-0.2, -0.15) is 4.98 Å². The number of rotatable bonds is 7. The maximum absolute atomic E-state index is 12.9. The summed E-state index contributed by atoms with van der Waals surface area (Å²) in [5, 5.41) is 6.87. The molecule has 1 aliphatic rings. The van der Waals surface area contributed by atoms with E-state index in [-0.39, 0.29) is 24.5 Å². The lowest BCUT2D eigenvalue weighted by Gasteiger charge is -2.33. The van der Waals surface area contributed by atoms with Crippen molar-refractivity contribution in [1.82, 2.24) is 20.4 Å². The highest BCUT2D eigenvalue weighted by atomic mass is 16.5. The minimum Gasteiger partial charge on any atom is -0.484 e. The number of carbonyl (C=O) groups excluding carboxylic acids is 2. The minimum atomic E-state index is -0.272. The van der Waals surface area contributed by atoms with Gasteiger partial charge in [0.05, 0.1) is 0 Å².